The summed E-state index contributed by atoms with van der Waals surface area (Å²) in [7, 11) is 2.17. The molecule has 9 aromatic rings. The van der Waals surface area contributed by atoms with Crippen LogP contribution in [0.1, 0.15) is 50.8 Å². The second-order valence-corrected chi connectivity index (χ2v) is 13.5. The molecule has 7 aromatic carbocycles. The lowest BCUT2D eigenvalue weighted by Gasteiger charge is -2.42. The predicted octanol–water partition coefficient (Wildman–Crippen LogP) is 10.5. The zero-order valence-electron chi connectivity index (χ0n) is 26.7. The van der Waals surface area contributed by atoms with E-state index in [9.17, 15) is 0 Å². The number of hydrogen-bond donors (Lipinski definition) is 0. The van der Waals surface area contributed by atoms with E-state index in [2.05, 4.69) is 163 Å². The van der Waals surface area contributed by atoms with E-state index in [4.69, 9.17) is 4.42 Å². The van der Waals surface area contributed by atoms with Crippen molar-refractivity contribution in [3.8, 4) is 17.1 Å². The number of fused-ring (bicyclic) bond motifs is 6. The summed E-state index contributed by atoms with van der Waals surface area (Å²) in [6.07, 6.45) is 0. The average molecular weight is 616 g/mol. The van der Waals surface area contributed by atoms with Crippen LogP contribution in [-0.4, -0.2) is 4.57 Å². The topological polar surface area (TPSA) is 21.9 Å². The summed E-state index contributed by atoms with van der Waals surface area (Å²) in [6.45, 7) is 2.20. The van der Waals surface area contributed by atoms with Gasteiger partial charge < -0.3 is 4.42 Å². The number of nitrogens with zero attached hydrogens (tertiary/aromatic N) is 2. The first-order valence-corrected chi connectivity index (χ1v) is 16.8. The van der Waals surface area contributed by atoms with Gasteiger partial charge in [-0.3, -0.25) is 0 Å². The van der Waals surface area contributed by atoms with Gasteiger partial charge in [0.1, 0.15) is 16.8 Å². The predicted molar refractivity (Wildman–Crippen MR) is 194 cm³/mol. The molecule has 0 spiro atoms. The largest absolute Gasteiger partial charge is 0.454 e. The Morgan fingerprint density at radius 1 is 0.542 bits per heavy atom. The fraction of sp³-hybridized carbons (Fsp3) is 0.0889. The van der Waals surface area contributed by atoms with Crippen molar-refractivity contribution >= 4 is 43.7 Å². The molecule has 3 heteroatoms. The van der Waals surface area contributed by atoms with Gasteiger partial charge in [-0.25, -0.2) is 4.57 Å². The molecule has 48 heavy (non-hydrogen) atoms. The van der Waals surface area contributed by atoms with Crippen LogP contribution < -0.4 is 4.57 Å². The minimum absolute atomic E-state index is 0.222. The minimum atomic E-state index is 0.222. The number of imidazole rings is 1. The van der Waals surface area contributed by atoms with Crippen LogP contribution in [0.15, 0.2) is 144 Å². The van der Waals surface area contributed by atoms with Crippen LogP contribution in [0.3, 0.4) is 0 Å². The Kier molecular flexibility index (Phi) is 5.09. The first kappa shape index (κ1) is 26.2. The fourth-order valence-corrected chi connectivity index (χ4v) is 9.09. The lowest BCUT2D eigenvalue weighted by atomic mass is 9.61. The maximum atomic E-state index is 7.16. The molecule has 226 valence electrons. The molecular formula is C45H31N2O+. The van der Waals surface area contributed by atoms with Crippen molar-refractivity contribution in [1.82, 2.24) is 4.57 Å². The third-order valence-electron chi connectivity index (χ3n) is 11.1. The molecule has 0 atom stereocenters. The lowest BCUT2D eigenvalue weighted by Crippen LogP contribution is -2.30. The highest BCUT2D eigenvalue weighted by molar-refractivity contribution is 6.17. The molecule has 2 heterocycles. The van der Waals surface area contributed by atoms with Crippen molar-refractivity contribution < 1.29 is 8.98 Å². The quantitative estimate of drug-likeness (QED) is 0.177. The highest BCUT2D eigenvalue weighted by Gasteiger charge is 2.41. The van der Waals surface area contributed by atoms with Crippen LogP contribution in [0.2, 0.25) is 0 Å². The Morgan fingerprint density at radius 2 is 1.12 bits per heavy atom. The maximum absolute atomic E-state index is 7.16. The molecule has 12 rings (SSSR count). The number of rotatable bonds is 2. The van der Waals surface area contributed by atoms with Crippen LogP contribution in [-0.2, 0) is 7.05 Å². The van der Waals surface area contributed by atoms with Gasteiger partial charge in [0.2, 0.25) is 0 Å². The Morgan fingerprint density at radius 3 is 1.83 bits per heavy atom. The maximum Gasteiger partial charge on any atom is 0.298 e. The zero-order valence-corrected chi connectivity index (χ0v) is 26.7. The number of aryl methyl sites for hydroxylation is 2. The van der Waals surface area contributed by atoms with E-state index in [0.717, 1.165) is 39.0 Å². The molecule has 0 fully saturated rings. The molecule has 2 aromatic heterocycles. The van der Waals surface area contributed by atoms with Crippen LogP contribution in [0.4, 0.5) is 0 Å². The van der Waals surface area contributed by atoms with E-state index >= 15 is 0 Å². The van der Waals surface area contributed by atoms with Gasteiger partial charge in [0.15, 0.2) is 16.6 Å². The third-order valence-corrected chi connectivity index (χ3v) is 11.1. The monoisotopic (exact) mass is 615 g/mol. The van der Waals surface area contributed by atoms with Gasteiger partial charge >= 0.3 is 0 Å². The highest BCUT2D eigenvalue weighted by Crippen LogP contribution is 2.56. The van der Waals surface area contributed by atoms with Crippen molar-refractivity contribution in [1.29, 1.82) is 0 Å². The van der Waals surface area contributed by atoms with Crippen LogP contribution in [0.25, 0.3) is 60.8 Å². The first-order valence-electron chi connectivity index (χ1n) is 16.8. The average Bonchev–Trinajstić information content (AvgIpc) is 3.66. The summed E-state index contributed by atoms with van der Waals surface area (Å²) in [5, 5.41) is 4.71. The van der Waals surface area contributed by atoms with Gasteiger partial charge in [0.25, 0.3) is 5.82 Å². The van der Waals surface area contributed by atoms with Crippen LogP contribution in [0, 0.1) is 6.92 Å². The van der Waals surface area contributed by atoms with E-state index < -0.39 is 0 Å². The number of aromatic nitrogens is 2. The summed E-state index contributed by atoms with van der Waals surface area (Å²) in [6, 6.07) is 51.4. The molecule has 0 saturated heterocycles. The molecular weight excluding hydrogens is 585 g/mol. The summed E-state index contributed by atoms with van der Waals surface area (Å²) < 4.78 is 11.9. The Bertz CT molecular complexity index is 2770. The van der Waals surface area contributed by atoms with E-state index in [-0.39, 0.29) is 11.8 Å². The van der Waals surface area contributed by atoms with Gasteiger partial charge in [0.05, 0.1) is 7.05 Å². The summed E-state index contributed by atoms with van der Waals surface area (Å²) in [5.41, 5.74) is 16.3. The van der Waals surface area contributed by atoms with E-state index in [0.29, 0.717) is 0 Å². The fourth-order valence-electron chi connectivity index (χ4n) is 9.09. The van der Waals surface area contributed by atoms with E-state index in [1.165, 1.54) is 60.8 Å². The summed E-state index contributed by atoms with van der Waals surface area (Å²) in [5.74, 6) is 1.58. The zero-order chi connectivity index (χ0) is 31.7. The molecule has 0 amide bonds. The van der Waals surface area contributed by atoms with Crippen molar-refractivity contribution in [2.45, 2.75) is 18.8 Å². The van der Waals surface area contributed by atoms with Gasteiger partial charge in [-0.05, 0) is 93.7 Å². The van der Waals surface area contributed by atoms with Crippen molar-refractivity contribution in [2.24, 2.45) is 7.05 Å². The number of furan rings is 1. The molecule has 2 bridgehead atoms. The highest BCUT2D eigenvalue weighted by atomic mass is 16.3. The molecule has 0 N–H and O–H groups in total. The Balaban J connectivity index is 1.21. The summed E-state index contributed by atoms with van der Waals surface area (Å²) >= 11 is 0. The van der Waals surface area contributed by atoms with Crippen molar-refractivity contribution in [3.63, 3.8) is 0 Å². The molecule has 3 aliphatic carbocycles. The molecule has 0 radical (unpaired) electrons. The smallest absolute Gasteiger partial charge is 0.298 e. The number of benzene rings is 7. The standard InChI is InChI=1S/C45H31N2O/c1-26-20-22-34-33-23-21-27-24-36-37(42-31-16-8-6-14-29(31)41(36)30-15-7-9-17-32(30)42)25-35(27)43(33)48-44(34)40(26)45-46(2)38-18-10-11-19-39(38)47(45)28-12-4-3-5-13-28/h3-25,41-42H,1-2H3/q+1. The molecule has 0 unspecified atom stereocenters. The Hall–Kier alpha value is -5.93. The minimum Gasteiger partial charge on any atom is -0.454 e. The lowest BCUT2D eigenvalue weighted by molar-refractivity contribution is -0.633. The second-order valence-electron chi connectivity index (χ2n) is 13.5. The van der Waals surface area contributed by atoms with Gasteiger partial charge in [0, 0.05) is 28.0 Å². The molecule has 3 aliphatic rings. The van der Waals surface area contributed by atoms with E-state index in [1.807, 2.05) is 0 Å². The molecule has 0 aliphatic heterocycles. The van der Waals surface area contributed by atoms with Gasteiger partial charge in [-0.15, -0.1) is 0 Å². The van der Waals surface area contributed by atoms with E-state index in [1.54, 1.807) is 0 Å². The van der Waals surface area contributed by atoms with Crippen molar-refractivity contribution in [3.05, 3.63) is 178 Å². The van der Waals surface area contributed by atoms with Crippen LogP contribution in [0.5, 0.6) is 0 Å². The Labute approximate surface area is 277 Å². The SMILES string of the molecule is Cc1ccc2c(oc3c4cc5c(cc4ccc23)C2c3ccccc3C5c3ccccc32)c1-c1n(-c2ccccc2)c2ccccc2[n+]1C. The molecule has 3 nitrogen and oxygen atoms in total. The van der Waals surface area contributed by atoms with Crippen LogP contribution >= 0.6 is 0 Å². The number of para-hydroxylation sites is 3. The third kappa shape index (κ3) is 3.26. The molecule has 0 saturated carbocycles. The van der Waals surface area contributed by atoms with Gasteiger partial charge in [-0.2, -0.15) is 4.57 Å². The van der Waals surface area contributed by atoms with Crippen molar-refractivity contribution in [2.75, 3.05) is 0 Å². The normalized spacial score (nSPS) is 16.1. The summed E-state index contributed by atoms with van der Waals surface area (Å²) in [4.78, 5) is 0. The first-order chi connectivity index (χ1) is 23.7. The second kappa shape index (κ2) is 9.33. The van der Waals surface area contributed by atoms with Gasteiger partial charge in [-0.1, -0.05) is 97.1 Å². The number of hydrogen-bond acceptors (Lipinski definition) is 1.